The van der Waals surface area contributed by atoms with Crippen LogP contribution in [-0.4, -0.2) is 72.8 Å². The molecular formula is C24H30N4O3. The van der Waals surface area contributed by atoms with Gasteiger partial charge >= 0.3 is 0 Å². The van der Waals surface area contributed by atoms with Crippen molar-refractivity contribution in [1.82, 2.24) is 9.80 Å². The predicted octanol–water partition coefficient (Wildman–Crippen LogP) is 2.17. The molecule has 1 saturated heterocycles. The Bertz CT molecular complexity index is 895. The average Bonchev–Trinajstić information content (AvgIpc) is 2.77. The van der Waals surface area contributed by atoms with Crippen molar-refractivity contribution in [3.63, 3.8) is 0 Å². The van der Waals surface area contributed by atoms with E-state index in [1.165, 1.54) is 0 Å². The van der Waals surface area contributed by atoms with E-state index in [-0.39, 0.29) is 12.5 Å². The summed E-state index contributed by atoms with van der Waals surface area (Å²) in [6, 6.07) is 14.9. The first-order valence-electron chi connectivity index (χ1n) is 10.6. The van der Waals surface area contributed by atoms with Gasteiger partial charge in [-0.3, -0.25) is 14.6 Å². The van der Waals surface area contributed by atoms with Crippen LogP contribution in [0.2, 0.25) is 0 Å². The van der Waals surface area contributed by atoms with Gasteiger partial charge in [0.15, 0.2) is 0 Å². The number of benzene rings is 2. The van der Waals surface area contributed by atoms with Gasteiger partial charge < -0.3 is 15.2 Å². The summed E-state index contributed by atoms with van der Waals surface area (Å²) in [5.41, 5.74) is 3.61. The number of ether oxygens (including phenoxy) is 1. The van der Waals surface area contributed by atoms with Gasteiger partial charge in [0.2, 0.25) is 5.91 Å². The number of aliphatic hydroxyl groups excluding tert-OH is 1. The number of para-hydroxylation sites is 1. The summed E-state index contributed by atoms with van der Waals surface area (Å²) in [4.78, 5) is 16.8. The number of aryl methyl sites for hydroxylation is 2. The Balaban J connectivity index is 1.37. The van der Waals surface area contributed by atoms with E-state index in [9.17, 15) is 9.90 Å². The SMILES string of the molecule is Cc1cccc(C)c1NC(=O)CN1CCN(C[C@@H](O)COc2ccc(C#N)cc2)CC1. The molecule has 2 aromatic carbocycles. The first-order valence-corrected chi connectivity index (χ1v) is 10.6. The van der Waals surface area contributed by atoms with E-state index in [4.69, 9.17) is 10.00 Å². The van der Waals surface area contributed by atoms with E-state index < -0.39 is 6.10 Å². The molecule has 1 fully saturated rings. The van der Waals surface area contributed by atoms with E-state index in [0.29, 0.717) is 24.4 Å². The first kappa shape index (κ1) is 22.8. The maximum atomic E-state index is 12.5. The molecule has 1 heterocycles. The molecule has 2 N–H and O–H groups in total. The summed E-state index contributed by atoms with van der Waals surface area (Å²) in [7, 11) is 0. The molecular weight excluding hydrogens is 392 g/mol. The van der Waals surface area contributed by atoms with Crippen molar-refractivity contribution in [2.45, 2.75) is 20.0 Å². The molecule has 1 atom stereocenters. The number of hydrogen-bond donors (Lipinski definition) is 2. The van der Waals surface area contributed by atoms with Crippen molar-refractivity contribution < 1.29 is 14.6 Å². The molecule has 0 spiro atoms. The molecule has 2 aromatic rings. The molecule has 7 nitrogen and oxygen atoms in total. The number of β-amino-alcohol motifs (C(OH)–C–C–N with tert-alkyl or cyclic N) is 1. The zero-order valence-electron chi connectivity index (χ0n) is 18.2. The summed E-state index contributed by atoms with van der Waals surface area (Å²) in [5.74, 6) is 0.638. The van der Waals surface area contributed by atoms with Gasteiger partial charge in [-0.1, -0.05) is 18.2 Å². The van der Waals surface area contributed by atoms with Crippen LogP contribution in [0.1, 0.15) is 16.7 Å². The Kier molecular flexibility index (Phi) is 8.01. The molecule has 0 saturated carbocycles. The summed E-state index contributed by atoms with van der Waals surface area (Å²) in [6.07, 6.45) is -0.602. The monoisotopic (exact) mass is 422 g/mol. The van der Waals surface area contributed by atoms with Crippen molar-refractivity contribution in [3.8, 4) is 11.8 Å². The lowest BCUT2D eigenvalue weighted by Gasteiger charge is -2.35. The quantitative estimate of drug-likeness (QED) is 0.678. The van der Waals surface area contributed by atoms with Crippen LogP contribution in [0.5, 0.6) is 5.75 Å². The average molecular weight is 423 g/mol. The first-order chi connectivity index (χ1) is 14.9. The Morgan fingerprint density at radius 2 is 1.71 bits per heavy atom. The number of amides is 1. The van der Waals surface area contributed by atoms with Gasteiger partial charge in [-0.2, -0.15) is 5.26 Å². The molecule has 3 rings (SSSR count). The molecule has 164 valence electrons. The topological polar surface area (TPSA) is 88.8 Å². The number of nitrogens with zero attached hydrogens (tertiary/aromatic N) is 3. The molecule has 1 aliphatic rings. The summed E-state index contributed by atoms with van der Waals surface area (Å²) < 4.78 is 5.61. The molecule has 0 aromatic heterocycles. The van der Waals surface area contributed by atoms with Crippen molar-refractivity contribution in [1.29, 1.82) is 5.26 Å². The van der Waals surface area contributed by atoms with E-state index in [1.54, 1.807) is 24.3 Å². The minimum atomic E-state index is -0.602. The number of hydrogen-bond acceptors (Lipinski definition) is 6. The molecule has 31 heavy (non-hydrogen) atoms. The fraction of sp³-hybridized carbons (Fsp3) is 0.417. The lowest BCUT2D eigenvalue weighted by atomic mass is 10.1. The van der Waals surface area contributed by atoms with E-state index in [2.05, 4.69) is 21.2 Å². The zero-order chi connectivity index (χ0) is 22.2. The third-order valence-corrected chi connectivity index (χ3v) is 5.47. The predicted molar refractivity (Wildman–Crippen MR) is 120 cm³/mol. The second-order valence-corrected chi connectivity index (χ2v) is 7.99. The van der Waals surface area contributed by atoms with Gasteiger partial charge in [-0.25, -0.2) is 0 Å². The fourth-order valence-electron chi connectivity index (χ4n) is 3.69. The van der Waals surface area contributed by atoms with Crippen LogP contribution in [0.15, 0.2) is 42.5 Å². The zero-order valence-corrected chi connectivity index (χ0v) is 18.2. The number of nitrogens with one attached hydrogen (secondary N) is 1. The molecule has 0 aliphatic carbocycles. The lowest BCUT2D eigenvalue weighted by Crippen LogP contribution is -2.50. The summed E-state index contributed by atoms with van der Waals surface area (Å²) in [6.45, 7) is 8.24. The van der Waals surface area contributed by atoms with E-state index in [0.717, 1.165) is 43.0 Å². The number of nitriles is 1. The Morgan fingerprint density at radius 3 is 2.32 bits per heavy atom. The Morgan fingerprint density at radius 1 is 1.10 bits per heavy atom. The number of rotatable bonds is 8. The molecule has 0 bridgehead atoms. The maximum Gasteiger partial charge on any atom is 0.238 e. The minimum Gasteiger partial charge on any atom is -0.491 e. The maximum absolute atomic E-state index is 12.5. The fourth-order valence-corrected chi connectivity index (χ4v) is 3.69. The Hall–Kier alpha value is -2.92. The van der Waals surface area contributed by atoms with Crippen LogP contribution in [0.3, 0.4) is 0 Å². The van der Waals surface area contributed by atoms with Gasteiger partial charge in [0.05, 0.1) is 18.2 Å². The van der Waals surface area contributed by atoms with E-state index in [1.807, 2.05) is 32.0 Å². The Labute approximate surface area is 183 Å². The molecule has 0 unspecified atom stereocenters. The van der Waals surface area contributed by atoms with Crippen molar-refractivity contribution >= 4 is 11.6 Å². The number of aliphatic hydroxyl groups is 1. The highest BCUT2D eigenvalue weighted by atomic mass is 16.5. The van der Waals surface area contributed by atoms with Gasteiger partial charge in [0, 0.05) is 38.4 Å². The van der Waals surface area contributed by atoms with Crippen LogP contribution < -0.4 is 10.1 Å². The highest BCUT2D eigenvalue weighted by molar-refractivity contribution is 5.93. The van der Waals surface area contributed by atoms with Crippen LogP contribution in [0.25, 0.3) is 0 Å². The van der Waals surface area contributed by atoms with Crippen molar-refractivity contribution in [3.05, 3.63) is 59.2 Å². The second-order valence-electron chi connectivity index (χ2n) is 7.99. The van der Waals surface area contributed by atoms with Gasteiger partial charge in [0.1, 0.15) is 18.5 Å². The summed E-state index contributed by atoms with van der Waals surface area (Å²) in [5, 5.41) is 22.2. The van der Waals surface area contributed by atoms with Crippen LogP contribution in [-0.2, 0) is 4.79 Å². The standard InChI is InChI=1S/C24H30N4O3/c1-18-4-3-5-19(2)24(18)26-23(30)16-28-12-10-27(11-13-28)15-21(29)17-31-22-8-6-20(14-25)7-9-22/h3-9,21,29H,10-13,15-17H2,1-2H3,(H,26,30)/t21-/m1/s1. The van der Waals surface area contributed by atoms with Crippen molar-refractivity contribution in [2.24, 2.45) is 0 Å². The van der Waals surface area contributed by atoms with E-state index >= 15 is 0 Å². The van der Waals surface area contributed by atoms with Crippen LogP contribution in [0, 0.1) is 25.2 Å². The van der Waals surface area contributed by atoms with Crippen LogP contribution in [0.4, 0.5) is 5.69 Å². The number of piperazine rings is 1. The highest BCUT2D eigenvalue weighted by Crippen LogP contribution is 2.19. The highest BCUT2D eigenvalue weighted by Gasteiger charge is 2.21. The number of carbonyl (C=O) groups is 1. The molecule has 1 aliphatic heterocycles. The molecule has 0 radical (unpaired) electrons. The van der Waals surface area contributed by atoms with Crippen molar-refractivity contribution in [2.75, 3.05) is 51.2 Å². The summed E-state index contributed by atoms with van der Waals surface area (Å²) >= 11 is 0. The molecule has 1 amide bonds. The minimum absolute atomic E-state index is 0.00158. The molecule has 7 heteroatoms. The smallest absolute Gasteiger partial charge is 0.238 e. The third kappa shape index (κ3) is 6.79. The normalized spacial score (nSPS) is 15.8. The number of anilines is 1. The second kappa shape index (κ2) is 10.9. The largest absolute Gasteiger partial charge is 0.491 e. The van der Waals surface area contributed by atoms with Gasteiger partial charge in [-0.15, -0.1) is 0 Å². The van der Waals surface area contributed by atoms with Crippen LogP contribution >= 0.6 is 0 Å². The van der Waals surface area contributed by atoms with Gasteiger partial charge in [0.25, 0.3) is 0 Å². The third-order valence-electron chi connectivity index (χ3n) is 5.47. The van der Waals surface area contributed by atoms with Gasteiger partial charge in [-0.05, 0) is 49.2 Å². The number of carbonyl (C=O) groups excluding carboxylic acids is 1. The lowest BCUT2D eigenvalue weighted by molar-refractivity contribution is -0.117.